The van der Waals surface area contributed by atoms with E-state index >= 15 is 0 Å². The van der Waals surface area contributed by atoms with Crippen molar-refractivity contribution in [3.63, 3.8) is 0 Å². The minimum atomic E-state index is -0.302. The van der Waals surface area contributed by atoms with Gasteiger partial charge in [0.2, 0.25) is 0 Å². The van der Waals surface area contributed by atoms with Crippen molar-refractivity contribution in [1.29, 1.82) is 0 Å². The summed E-state index contributed by atoms with van der Waals surface area (Å²) in [5, 5.41) is 12.6. The van der Waals surface area contributed by atoms with Gasteiger partial charge in [-0.25, -0.2) is 0 Å². The number of benzene rings is 1. The van der Waals surface area contributed by atoms with E-state index in [2.05, 4.69) is 5.32 Å². The van der Waals surface area contributed by atoms with Gasteiger partial charge in [-0.2, -0.15) is 0 Å². The highest BCUT2D eigenvalue weighted by Crippen LogP contribution is 2.30. The van der Waals surface area contributed by atoms with Gasteiger partial charge in [0.05, 0.1) is 13.2 Å². The van der Waals surface area contributed by atoms with Crippen molar-refractivity contribution in [2.45, 2.75) is 12.5 Å². The molecule has 0 saturated carbocycles. The maximum atomic E-state index is 9.46. The maximum Gasteiger partial charge on any atom is 0.124 e. The molecule has 0 aliphatic carbocycles. The molecule has 2 N–H and O–H groups in total. The summed E-state index contributed by atoms with van der Waals surface area (Å²) in [4.78, 5) is 0. The first-order valence-corrected chi connectivity index (χ1v) is 4.39. The lowest BCUT2D eigenvalue weighted by Crippen LogP contribution is -2.27. The molecule has 2 rings (SSSR count). The number of aliphatic hydroxyl groups excluding tert-OH is 1. The molecule has 1 aromatic carbocycles. The Labute approximate surface area is 89.5 Å². The highest BCUT2D eigenvalue weighted by atomic mass is 35.5. The molecule has 0 radical (unpaired) electrons. The van der Waals surface area contributed by atoms with Gasteiger partial charge in [0.1, 0.15) is 5.75 Å². The van der Waals surface area contributed by atoms with Gasteiger partial charge in [-0.05, 0) is 12.1 Å². The topological polar surface area (TPSA) is 41.5 Å². The van der Waals surface area contributed by atoms with Gasteiger partial charge < -0.3 is 15.2 Å². The number of anilines is 1. The zero-order valence-electron chi connectivity index (χ0n) is 7.99. The van der Waals surface area contributed by atoms with Gasteiger partial charge in [-0.3, -0.25) is 0 Å². The van der Waals surface area contributed by atoms with Crippen LogP contribution in [0, 0.1) is 0 Å². The van der Waals surface area contributed by atoms with Crippen LogP contribution in [0.25, 0.3) is 0 Å². The summed E-state index contributed by atoms with van der Waals surface area (Å²) >= 11 is 0. The van der Waals surface area contributed by atoms with Gasteiger partial charge in [0.15, 0.2) is 0 Å². The minimum Gasteiger partial charge on any atom is -0.496 e. The Bertz CT molecular complexity index is 303. The van der Waals surface area contributed by atoms with Crippen LogP contribution in [0.3, 0.4) is 0 Å². The number of hydrogen-bond acceptors (Lipinski definition) is 3. The van der Waals surface area contributed by atoms with Crippen LogP contribution in [0.1, 0.15) is 5.56 Å². The van der Waals surface area contributed by atoms with Crippen LogP contribution in [0.4, 0.5) is 5.69 Å². The number of nitrogens with one attached hydrogen (secondary N) is 1. The Balaban J connectivity index is 0.000000980. The van der Waals surface area contributed by atoms with Crippen molar-refractivity contribution >= 4 is 18.1 Å². The Morgan fingerprint density at radius 3 is 3.00 bits per heavy atom. The maximum absolute atomic E-state index is 9.46. The van der Waals surface area contributed by atoms with E-state index in [4.69, 9.17) is 4.74 Å². The molecular weight excluding hydrogens is 202 g/mol. The molecule has 1 aromatic rings. The largest absolute Gasteiger partial charge is 0.496 e. The molecular formula is C10H14ClNO2. The van der Waals surface area contributed by atoms with E-state index in [9.17, 15) is 5.11 Å². The molecule has 0 aromatic heterocycles. The first-order valence-electron chi connectivity index (χ1n) is 4.39. The van der Waals surface area contributed by atoms with E-state index in [0.717, 1.165) is 17.0 Å². The minimum absolute atomic E-state index is 0. The molecule has 1 aliphatic heterocycles. The van der Waals surface area contributed by atoms with Crippen LogP contribution in [0.15, 0.2) is 18.2 Å². The average Bonchev–Trinajstić information content (AvgIpc) is 2.17. The fourth-order valence-electron chi connectivity index (χ4n) is 1.67. The Morgan fingerprint density at radius 2 is 2.29 bits per heavy atom. The van der Waals surface area contributed by atoms with Crippen LogP contribution in [-0.4, -0.2) is 24.9 Å². The summed E-state index contributed by atoms with van der Waals surface area (Å²) < 4.78 is 5.21. The number of halogens is 1. The zero-order valence-corrected chi connectivity index (χ0v) is 8.80. The summed E-state index contributed by atoms with van der Waals surface area (Å²) in [6.45, 7) is 0.625. The molecule has 1 unspecified atom stereocenters. The van der Waals surface area contributed by atoms with Crippen LogP contribution in [0.5, 0.6) is 5.75 Å². The zero-order chi connectivity index (χ0) is 9.26. The number of aliphatic hydroxyl groups is 1. The molecule has 78 valence electrons. The average molecular weight is 216 g/mol. The molecule has 1 heterocycles. The quantitative estimate of drug-likeness (QED) is 0.745. The molecule has 14 heavy (non-hydrogen) atoms. The first-order chi connectivity index (χ1) is 6.31. The molecule has 0 bridgehead atoms. The lowest BCUT2D eigenvalue weighted by Gasteiger charge is -2.23. The fraction of sp³-hybridized carbons (Fsp3) is 0.400. The predicted molar refractivity (Wildman–Crippen MR) is 58.4 cm³/mol. The van der Waals surface area contributed by atoms with Crippen molar-refractivity contribution < 1.29 is 9.84 Å². The van der Waals surface area contributed by atoms with E-state index in [-0.39, 0.29) is 18.5 Å². The third kappa shape index (κ3) is 1.94. The highest BCUT2D eigenvalue weighted by Gasteiger charge is 2.18. The summed E-state index contributed by atoms with van der Waals surface area (Å²) in [5.41, 5.74) is 2.15. The van der Waals surface area contributed by atoms with Crippen LogP contribution in [0.2, 0.25) is 0 Å². The number of methoxy groups -OCH3 is 1. The highest BCUT2D eigenvalue weighted by molar-refractivity contribution is 5.85. The van der Waals surface area contributed by atoms with Gasteiger partial charge >= 0.3 is 0 Å². The molecule has 1 aliphatic rings. The van der Waals surface area contributed by atoms with Crippen molar-refractivity contribution in [3.05, 3.63) is 23.8 Å². The predicted octanol–water partition coefficient (Wildman–Crippen LogP) is 1.45. The second kappa shape index (κ2) is 4.53. The van der Waals surface area contributed by atoms with Crippen molar-refractivity contribution in [3.8, 4) is 5.75 Å². The second-order valence-corrected chi connectivity index (χ2v) is 3.23. The van der Waals surface area contributed by atoms with Gasteiger partial charge in [-0.15, -0.1) is 12.4 Å². The van der Waals surface area contributed by atoms with Crippen molar-refractivity contribution in [2.24, 2.45) is 0 Å². The van der Waals surface area contributed by atoms with Crippen molar-refractivity contribution in [1.82, 2.24) is 0 Å². The number of ether oxygens (including phenoxy) is 1. The lowest BCUT2D eigenvalue weighted by atomic mass is 10.0. The second-order valence-electron chi connectivity index (χ2n) is 3.23. The smallest absolute Gasteiger partial charge is 0.124 e. The van der Waals surface area contributed by atoms with Crippen molar-refractivity contribution in [2.75, 3.05) is 19.0 Å². The Morgan fingerprint density at radius 1 is 1.50 bits per heavy atom. The molecule has 1 atom stereocenters. The molecule has 0 fully saturated rings. The number of rotatable bonds is 1. The molecule has 3 nitrogen and oxygen atoms in total. The third-order valence-electron chi connectivity index (χ3n) is 2.32. The lowest BCUT2D eigenvalue weighted by molar-refractivity contribution is 0.183. The molecule has 0 saturated heterocycles. The van der Waals surface area contributed by atoms with Gasteiger partial charge in [0, 0.05) is 24.2 Å². The van der Waals surface area contributed by atoms with Crippen LogP contribution in [-0.2, 0) is 6.42 Å². The summed E-state index contributed by atoms with van der Waals surface area (Å²) in [6.07, 6.45) is 0.371. The summed E-state index contributed by atoms with van der Waals surface area (Å²) in [5.74, 6) is 0.851. The molecule has 0 spiro atoms. The number of fused-ring (bicyclic) bond motifs is 1. The summed E-state index contributed by atoms with van der Waals surface area (Å²) in [6, 6.07) is 5.87. The van der Waals surface area contributed by atoms with E-state index in [1.54, 1.807) is 7.11 Å². The normalized spacial score (nSPS) is 18.9. The summed E-state index contributed by atoms with van der Waals surface area (Å²) in [7, 11) is 1.65. The van der Waals surface area contributed by atoms with Gasteiger partial charge in [0.25, 0.3) is 0 Å². The third-order valence-corrected chi connectivity index (χ3v) is 2.32. The molecule has 0 amide bonds. The van der Waals surface area contributed by atoms with E-state index in [1.807, 2.05) is 18.2 Å². The first kappa shape index (κ1) is 11.1. The standard InChI is InChI=1S/C10H13NO2.ClH/c1-13-10-4-2-3-9-8(10)5-7(12)6-11-9;/h2-4,7,11-12H,5-6H2,1H3;1H. The van der Waals surface area contributed by atoms with Crippen LogP contribution >= 0.6 is 12.4 Å². The van der Waals surface area contributed by atoms with E-state index in [1.165, 1.54) is 0 Å². The number of β-amino-alcohol motifs (C(OH)–C–C–N with tert-alkyl or cyclic N) is 1. The SMILES string of the molecule is COc1cccc2c1CC(O)CN2.Cl. The van der Waals surface area contributed by atoms with E-state index in [0.29, 0.717) is 13.0 Å². The van der Waals surface area contributed by atoms with Gasteiger partial charge in [-0.1, -0.05) is 6.07 Å². The Kier molecular flexibility index (Phi) is 3.61. The fourth-order valence-corrected chi connectivity index (χ4v) is 1.67. The van der Waals surface area contributed by atoms with E-state index < -0.39 is 0 Å². The van der Waals surface area contributed by atoms with Crippen LogP contribution < -0.4 is 10.1 Å². The Hall–Kier alpha value is -0.930. The monoisotopic (exact) mass is 215 g/mol. The number of hydrogen-bond donors (Lipinski definition) is 2. The molecule has 4 heteroatoms.